The Labute approximate surface area is 108 Å². The Hall–Kier alpha value is -1.69. The summed E-state index contributed by atoms with van der Waals surface area (Å²) in [6, 6.07) is 0. The van der Waals surface area contributed by atoms with Crippen molar-refractivity contribution in [1.29, 1.82) is 0 Å². The smallest absolute Gasteiger partial charge is 0.238 e. The number of aryl methyl sites for hydroxylation is 2. The Morgan fingerprint density at radius 1 is 1.22 bits per heavy atom. The number of hydrogen-bond acceptors (Lipinski definition) is 5. The summed E-state index contributed by atoms with van der Waals surface area (Å²) in [6.07, 6.45) is 0. The lowest BCUT2D eigenvalue weighted by Crippen LogP contribution is -2.33. The summed E-state index contributed by atoms with van der Waals surface area (Å²) < 4.78 is 0. The number of amides is 1. The zero-order chi connectivity index (χ0) is 13.7. The minimum Gasteiger partial charge on any atom is -0.368 e. The molecule has 0 saturated heterocycles. The summed E-state index contributed by atoms with van der Waals surface area (Å²) in [6.45, 7) is 9.73. The summed E-state index contributed by atoms with van der Waals surface area (Å²) in [4.78, 5) is 22.0. The first-order valence-corrected chi connectivity index (χ1v) is 6.10. The van der Waals surface area contributed by atoms with E-state index in [1.807, 2.05) is 18.7 Å². The fraction of sp³-hybridized carbons (Fsp3) is 0.583. The summed E-state index contributed by atoms with van der Waals surface area (Å²) in [5.41, 5.74) is 7.57. The topological polar surface area (TPSA) is 84.1 Å². The maximum absolute atomic E-state index is 11.9. The van der Waals surface area contributed by atoms with Crippen LogP contribution in [-0.2, 0) is 4.79 Å². The minimum absolute atomic E-state index is 0.0572. The molecule has 0 spiro atoms. The van der Waals surface area contributed by atoms with Crippen LogP contribution in [0, 0.1) is 13.8 Å². The van der Waals surface area contributed by atoms with Gasteiger partial charge >= 0.3 is 0 Å². The third-order valence-electron chi connectivity index (χ3n) is 2.81. The number of carbonyl (C=O) groups is 1. The van der Waals surface area contributed by atoms with Crippen LogP contribution in [0.5, 0.6) is 0 Å². The standard InChI is InChI=1S/C12H21N5O/c1-5-17(6-2)7-10(18)16-11-8(3)14-12(13)15-9(11)4/h5-7H2,1-4H3,(H,16,18)(H2,13,14,15). The monoisotopic (exact) mass is 251 g/mol. The fourth-order valence-electron chi connectivity index (χ4n) is 1.75. The van der Waals surface area contributed by atoms with Crippen LogP contribution < -0.4 is 11.1 Å². The normalized spacial score (nSPS) is 10.7. The fourth-order valence-corrected chi connectivity index (χ4v) is 1.75. The zero-order valence-electron chi connectivity index (χ0n) is 11.4. The Kier molecular flexibility index (Phi) is 5.03. The molecule has 0 aliphatic heterocycles. The molecule has 1 heterocycles. The molecular weight excluding hydrogens is 230 g/mol. The number of nitrogens with zero attached hydrogens (tertiary/aromatic N) is 3. The summed E-state index contributed by atoms with van der Waals surface area (Å²) in [5, 5.41) is 2.84. The molecule has 1 aromatic heterocycles. The number of likely N-dealkylation sites (N-methyl/N-ethyl adjacent to an activating group) is 1. The number of hydrogen-bond donors (Lipinski definition) is 2. The van der Waals surface area contributed by atoms with E-state index in [1.54, 1.807) is 13.8 Å². The molecule has 0 aliphatic rings. The number of carbonyl (C=O) groups excluding carboxylic acids is 1. The van der Waals surface area contributed by atoms with E-state index in [0.29, 0.717) is 23.6 Å². The highest BCUT2D eigenvalue weighted by atomic mass is 16.2. The summed E-state index contributed by atoms with van der Waals surface area (Å²) >= 11 is 0. The summed E-state index contributed by atoms with van der Waals surface area (Å²) in [5.74, 6) is 0.171. The first kappa shape index (κ1) is 14.4. The van der Waals surface area contributed by atoms with E-state index in [9.17, 15) is 4.79 Å². The van der Waals surface area contributed by atoms with Crippen molar-refractivity contribution >= 4 is 17.5 Å². The second-order valence-electron chi connectivity index (χ2n) is 4.14. The van der Waals surface area contributed by atoms with Crippen molar-refractivity contribution in [3.63, 3.8) is 0 Å². The number of nitrogens with two attached hydrogens (primary N) is 1. The Morgan fingerprint density at radius 3 is 2.17 bits per heavy atom. The van der Waals surface area contributed by atoms with E-state index >= 15 is 0 Å². The zero-order valence-corrected chi connectivity index (χ0v) is 11.4. The first-order valence-electron chi connectivity index (χ1n) is 6.10. The lowest BCUT2D eigenvalue weighted by atomic mass is 10.2. The van der Waals surface area contributed by atoms with E-state index in [1.165, 1.54) is 0 Å². The third-order valence-corrected chi connectivity index (χ3v) is 2.81. The van der Waals surface area contributed by atoms with Crippen molar-refractivity contribution in [1.82, 2.24) is 14.9 Å². The molecule has 0 unspecified atom stereocenters. The largest absolute Gasteiger partial charge is 0.368 e. The Balaban J connectivity index is 2.76. The molecule has 100 valence electrons. The van der Waals surface area contributed by atoms with Crippen LogP contribution in [0.1, 0.15) is 25.2 Å². The first-order chi connectivity index (χ1) is 8.47. The van der Waals surface area contributed by atoms with Crippen LogP contribution in [0.25, 0.3) is 0 Å². The molecule has 1 amide bonds. The third kappa shape index (κ3) is 3.66. The predicted octanol–water partition coefficient (Wildman–Crippen LogP) is 0.956. The van der Waals surface area contributed by atoms with Crippen LogP contribution in [0.3, 0.4) is 0 Å². The van der Waals surface area contributed by atoms with Gasteiger partial charge in [-0.1, -0.05) is 13.8 Å². The number of nitrogens with one attached hydrogen (secondary N) is 1. The molecule has 0 bridgehead atoms. The van der Waals surface area contributed by atoms with Crippen molar-refractivity contribution < 1.29 is 4.79 Å². The highest BCUT2D eigenvalue weighted by molar-refractivity contribution is 5.93. The average molecular weight is 251 g/mol. The SMILES string of the molecule is CCN(CC)CC(=O)Nc1c(C)nc(N)nc1C. The highest BCUT2D eigenvalue weighted by Gasteiger charge is 2.12. The second-order valence-corrected chi connectivity index (χ2v) is 4.14. The highest BCUT2D eigenvalue weighted by Crippen LogP contribution is 2.17. The lowest BCUT2D eigenvalue weighted by molar-refractivity contribution is -0.117. The van der Waals surface area contributed by atoms with Crippen LogP contribution in [0.15, 0.2) is 0 Å². The van der Waals surface area contributed by atoms with Gasteiger partial charge in [0.05, 0.1) is 23.6 Å². The molecule has 0 saturated carbocycles. The molecule has 6 heteroatoms. The predicted molar refractivity (Wildman–Crippen MR) is 72.3 cm³/mol. The molecular formula is C12H21N5O. The van der Waals surface area contributed by atoms with Gasteiger partial charge < -0.3 is 11.1 Å². The van der Waals surface area contributed by atoms with E-state index in [0.717, 1.165) is 13.1 Å². The van der Waals surface area contributed by atoms with Crippen LogP contribution in [0.4, 0.5) is 11.6 Å². The number of rotatable bonds is 5. The van der Waals surface area contributed by atoms with Gasteiger partial charge in [0.2, 0.25) is 11.9 Å². The number of nitrogen functional groups attached to an aromatic ring is 1. The van der Waals surface area contributed by atoms with Crippen LogP contribution in [0.2, 0.25) is 0 Å². The van der Waals surface area contributed by atoms with E-state index in [4.69, 9.17) is 5.73 Å². The van der Waals surface area contributed by atoms with E-state index in [2.05, 4.69) is 15.3 Å². The second kappa shape index (κ2) is 6.30. The van der Waals surface area contributed by atoms with Crippen molar-refractivity contribution in [3.8, 4) is 0 Å². The molecule has 0 atom stereocenters. The van der Waals surface area contributed by atoms with Gasteiger partial charge in [-0.2, -0.15) is 0 Å². The maximum Gasteiger partial charge on any atom is 0.238 e. The van der Waals surface area contributed by atoms with Gasteiger partial charge in [0.15, 0.2) is 0 Å². The van der Waals surface area contributed by atoms with Gasteiger partial charge in [0, 0.05) is 0 Å². The Bertz CT molecular complexity index is 405. The molecule has 6 nitrogen and oxygen atoms in total. The molecule has 1 rings (SSSR count). The van der Waals surface area contributed by atoms with Crippen LogP contribution >= 0.6 is 0 Å². The lowest BCUT2D eigenvalue weighted by Gasteiger charge is -2.18. The molecule has 0 fully saturated rings. The van der Waals surface area contributed by atoms with Crippen molar-refractivity contribution in [2.24, 2.45) is 0 Å². The van der Waals surface area contributed by atoms with Crippen molar-refractivity contribution in [3.05, 3.63) is 11.4 Å². The van der Waals surface area contributed by atoms with Gasteiger partial charge in [0.1, 0.15) is 0 Å². The van der Waals surface area contributed by atoms with Crippen molar-refractivity contribution in [2.75, 3.05) is 30.7 Å². The molecule has 3 N–H and O–H groups in total. The number of aromatic nitrogens is 2. The molecule has 18 heavy (non-hydrogen) atoms. The van der Waals surface area contributed by atoms with Gasteiger partial charge in [-0.05, 0) is 26.9 Å². The van der Waals surface area contributed by atoms with Gasteiger partial charge in [-0.15, -0.1) is 0 Å². The number of anilines is 2. The van der Waals surface area contributed by atoms with Crippen LogP contribution in [-0.4, -0.2) is 40.4 Å². The molecule has 0 aliphatic carbocycles. The summed E-state index contributed by atoms with van der Waals surface area (Å²) in [7, 11) is 0. The molecule has 0 radical (unpaired) electrons. The molecule has 0 aromatic carbocycles. The van der Waals surface area contributed by atoms with Gasteiger partial charge in [-0.25, -0.2) is 9.97 Å². The quantitative estimate of drug-likeness (QED) is 0.814. The average Bonchev–Trinajstić information content (AvgIpc) is 2.30. The Morgan fingerprint density at radius 2 is 1.72 bits per heavy atom. The van der Waals surface area contributed by atoms with Gasteiger partial charge in [0.25, 0.3) is 0 Å². The van der Waals surface area contributed by atoms with Crippen molar-refractivity contribution in [2.45, 2.75) is 27.7 Å². The van der Waals surface area contributed by atoms with E-state index < -0.39 is 0 Å². The maximum atomic E-state index is 11.9. The van der Waals surface area contributed by atoms with E-state index in [-0.39, 0.29) is 11.9 Å². The van der Waals surface area contributed by atoms with Gasteiger partial charge in [-0.3, -0.25) is 9.69 Å². The minimum atomic E-state index is -0.0572. The molecule has 1 aromatic rings.